The van der Waals surface area contributed by atoms with E-state index in [0.29, 0.717) is 16.4 Å². The molecular formula is C15H22N2O3S2. The van der Waals surface area contributed by atoms with Crippen molar-refractivity contribution in [3.05, 3.63) is 35.4 Å². The summed E-state index contributed by atoms with van der Waals surface area (Å²) in [6, 6.07) is 6.78. The maximum atomic E-state index is 12.3. The van der Waals surface area contributed by atoms with Crippen molar-refractivity contribution in [2.45, 2.75) is 43.2 Å². The number of thioether (sulfide) groups is 1. The Morgan fingerprint density at radius 1 is 1.32 bits per heavy atom. The molecule has 2 rings (SSSR count). The predicted molar refractivity (Wildman–Crippen MR) is 90.3 cm³/mol. The Bertz CT molecular complexity index is 614. The minimum absolute atomic E-state index is 0.101. The molecule has 0 spiro atoms. The van der Waals surface area contributed by atoms with Gasteiger partial charge < -0.3 is 5.32 Å². The molecule has 22 heavy (non-hydrogen) atoms. The van der Waals surface area contributed by atoms with Crippen LogP contribution in [0.15, 0.2) is 24.3 Å². The number of benzene rings is 1. The molecule has 0 unspecified atom stereocenters. The van der Waals surface area contributed by atoms with Gasteiger partial charge in [-0.1, -0.05) is 25.5 Å². The molecule has 0 aliphatic heterocycles. The van der Waals surface area contributed by atoms with Gasteiger partial charge in [-0.3, -0.25) is 4.79 Å². The number of hydrogen-bond acceptors (Lipinski definition) is 4. The van der Waals surface area contributed by atoms with Crippen LogP contribution < -0.4 is 10.5 Å². The first-order valence-electron chi connectivity index (χ1n) is 7.41. The monoisotopic (exact) mass is 342 g/mol. The molecule has 1 aliphatic carbocycles. The maximum absolute atomic E-state index is 12.3. The van der Waals surface area contributed by atoms with E-state index in [1.807, 2.05) is 11.8 Å². The van der Waals surface area contributed by atoms with Gasteiger partial charge in [0, 0.05) is 16.9 Å². The quantitative estimate of drug-likeness (QED) is 0.826. The normalized spacial score (nSPS) is 21.7. The second-order valence-corrected chi connectivity index (χ2v) is 8.64. The lowest BCUT2D eigenvalue weighted by molar-refractivity contribution is 0.0938. The van der Waals surface area contributed by atoms with Gasteiger partial charge in [0.2, 0.25) is 10.0 Å². The molecule has 3 N–H and O–H groups in total. The van der Waals surface area contributed by atoms with Crippen molar-refractivity contribution in [2.24, 2.45) is 5.14 Å². The van der Waals surface area contributed by atoms with Gasteiger partial charge in [0.1, 0.15) is 0 Å². The fourth-order valence-electron chi connectivity index (χ4n) is 2.74. The lowest BCUT2D eigenvalue weighted by Crippen LogP contribution is -2.38. The molecular weight excluding hydrogens is 320 g/mol. The number of nitrogens with two attached hydrogens (primary N) is 1. The molecule has 1 aliphatic rings. The highest BCUT2D eigenvalue weighted by Crippen LogP contribution is 2.30. The summed E-state index contributed by atoms with van der Waals surface area (Å²) in [7, 11) is -3.55. The third-order valence-electron chi connectivity index (χ3n) is 3.73. The van der Waals surface area contributed by atoms with E-state index >= 15 is 0 Å². The summed E-state index contributed by atoms with van der Waals surface area (Å²) >= 11 is 1.90. The first-order chi connectivity index (χ1) is 10.4. The lowest BCUT2D eigenvalue weighted by atomic mass is 10.1. The Balaban J connectivity index is 1.98. The zero-order valence-electron chi connectivity index (χ0n) is 12.6. The van der Waals surface area contributed by atoms with Gasteiger partial charge in [0.15, 0.2) is 0 Å². The molecule has 0 saturated heterocycles. The molecule has 122 valence electrons. The molecule has 0 radical (unpaired) electrons. The highest BCUT2D eigenvalue weighted by molar-refractivity contribution is 7.99. The second kappa shape index (κ2) is 7.48. The molecule has 1 fully saturated rings. The largest absolute Gasteiger partial charge is 0.348 e. The second-order valence-electron chi connectivity index (χ2n) is 5.51. The van der Waals surface area contributed by atoms with Gasteiger partial charge in [-0.15, -0.1) is 0 Å². The standard InChI is InChI=1S/C15H22N2O3S2/c1-2-21-14-5-3-4-13(14)17-15(18)12-8-6-11(7-9-12)10-22(16,19)20/h6-9,13-14H,2-5,10H2,1H3,(H,17,18)(H2,16,19,20)/t13-,14+/m0/s1. The summed E-state index contributed by atoms with van der Waals surface area (Å²) in [4.78, 5) is 12.3. The molecule has 0 bridgehead atoms. The van der Waals surface area contributed by atoms with Crippen LogP contribution in [-0.2, 0) is 15.8 Å². The highest BCUT2D eigenvalue weighted by atomic mass is 32.2. The summed E-state index contributed by atoms with van der Waals surface area (Å²) in [6.45, 7) is 2.13. The van der Waals surface area contributed by atoms with E-state index in [2.05, 4.69) is 12.2 Å². The Kier molecular flexibility index (Phi) is 5.88. The first-order valence-corrected chi connectivity index (χ1v) is 10.2. The van der Waals surface area contributed by atoms with Gasteiger partial charge >= 0.3 is 0 Å². The minimum Gasteiger partial charge on any atom is -0.348 e. The van der Waals surface area contributed by atoms with Crippen molar-refractivity contribution in [3.63, 3.8) is 0 Å². The Labute approximate surface area is 136 Å². The fraction of sp³-hybridized carbons (Fsp3) is 0.533. The lowest BCUT2D eigenvalue weighted by Gasteiger charge is -2.20. The average molecular weight is 342 g/mol. The summed E-state index contributed by atoms with van der Waals surface area (Å²) in [5.74, 6) is 0.738. The van der Waals surface area contributed by atoms with Crippen LogP contribution in [0.1, 0.15) is 42.1 Å². The summed E-state index contributed by atoms with van der Waals surface area (Å²) in [5, 5.41) is 8.60. The maximum Gasteiger partial charge on any atom is 0.251 e. The van der Waals surface area contributed by atoms with E-state index in [9.17, 15) is 13.2 Å². The summed E-state index contributed by atoms with van der Waals surface area (Å²) in [6.07, 6.45) is 3.32. The topological polar surface area (TPSA) is 89.3 Å². The Morgan fingerprint density at radius 2 is 2.00 bits per heavy atom. The van der Waals surface area contributed by atoms with Crippen molar-refractivity contribution in [2.75, 3.05) is 5.75 Å². The van der Waals surface area contributed by atoms with Crippen LogP contribution in [0.3, 0.4) is 0 Å². The van der Waals surface area contributed by atoms with Crippen molar-refractivity contribution < 1.29 is 13.2 Å². The number of carbonyl (C=O) groups excluding carboxylic acids is 1. The molecule has 1 aromatic rings. The van der Waals surface area contributed by atoms with E-state index in [1.54, 1.807) is 24.3 Å². The fourth-order valence-corrected chi connectivity index (χ4v) is 4.60. The molecule has 5 nitrogen and oxygen atoms in total. The van der Waals surface area contributed by atoms with Crippen LogP contribution in [0.5, 0.6) is 0 Å². The predicted octanol–water partition coefficient (Wildman–Crippen LogP) is 1.88. The van der Waals surface area contributed by atoms with Crippen molar-refractivity contribution in [1.29, 1.82) is 0 Å². The van der Waals surface area contributed by atoms with Crippen molar-refractivity contribution in [3.8, 4) is 0 Å². The van der Waals surface area contributed by atoms with Crippen LogP contribution in [0, 0.1) is 0 Å². The number of carbonyl (C=O) groups is 1. The van der Waals surface area contributed by atoms with E-state index in [1.165, 1.54) is 0 Å². The average Bonchev–Trinajstić information content (AvgIpc) is 2.85. The van der Waals surface area contributed by atoms with Crippen LogP contribution in [0.4, 0.5) is 0 Å². The Morgan fingerprint density at radius 3 is 2.59 bits per heavy atom. The van der Waals surface area contributed by atoms with E-state index in [0.717, 1.165) is 25.0 Å². The molecule has 2 atom stereocenters. The number of nitrogens with one attached hydrogen (secondary N) is 1. The molecule has 1 saturated carbocycles. The van der Waals surface area contributed by atoms with Crippen molar-refractivity contribution in [1.82, 2.24) is 5.32 Å². The highest BCUT2D eigenvalue weighted by Gasteiger charge is 2.28. The van der Waals surface area contributed by atoms with E-state index in [-0.39, 0.29) is 17.7 Å². The zero-order chi connectivity index (χ0) is 16.2. The van der Waals surface area contributed by atoms with Gasteiger partial charge in [-0.05, 0) is 36.3 Å². The van der Waals surface area contributed by atoms with Gasteiger partial charge in [-0.2, -0.15) is 11.8 Å². The Hall–Kier alpha value is -1.05. The molecule has 1 aromatic carbocycles. The molecule has 0 aromatic heterocycles. The molecule has 7 heteroatoms. The smallest absolute Gasteiger partial charge is 0.251 e. The molecule has 0 heterocycles. The van der Waals surface area contributed by atoms with Gasteiger partial charge in [-0.25, -0.2) is 13.6 Å². The third-order valence-corrected chi connectivity index (χ3v) is 5.80. The number of hydrogen-bond donors (Lipinski definition) is 2. The van der Waals surface area contributed by atoms with Crippen LogP contribution in [-0.4, -0.2) is 31.4 Å². The SMILES string of the molecule is CCS[C@@H]1CCC[C@@H]1NC(=O)c1ccc(CS(N)(=O)=O)cc1. The van der Waals surface area contributed by atoms with E-state index in [4.69, 9.17) is 5.14 Å². The number of primary sulfonamides is 1. The number of rotatable bonds is 6. The number of sulfonamides is 1. The van der Waals surface area contributed by atoms with Gasteiger partial charge in [0.25, 0.3) is 5.91 Å². The third kappa shape index (κ3) is 5.00. The molecule has 1 amide bonds. The summed E-state index contributed by atoms with van der Waals surface area (Å²) in [5.41, 5.74) is 1.13. The van der Waals surface area contributed by atoms with Crippen LogP contribution in [0.25, 0.3) is 0 Å². The van der Waals surface area contributed by atoms with Crippen LogP contribution >= 0.6 is 11.8 Å². The van der Waals surface area contributed by atoms with E-state index < -0.39 is 10.0 Å². The number of amides is 1. The van der Waals surface area contributed by atoms with Crippen LogP contribution in [0.2, 0.25) is 0 Å². The van der Waals surface area contributed by atoms with Crippen molar-refractivity contribution >= 4 is 27.7 Å². The zero-order valence-corrected chi connectivity index (χ0v) is 14.3. The van der Waals surface area contributed by atoms with Gasteiger partial charge in [0.05, 0.1) is 5.75 Å². The summed E-state index contributed by atoms with van der Waals surface area (Å²) < 4.78 is 22.1. The minimum atomic E-state index is -3.55. The first kappa shape index (κ1) is 17.3.